The van der Waals surface area contributed by atoms with Crippen molar-refractivity contribution in [1.29, 1.82) is 0 Å². The zero-order valence-corrected chi connectivity index (χ0v) is 7.03. The second-order valence-corrected chi connectivity index (χ2v) is 2.57. The molecule has 0 aliphatic carbocycles. The van der Waals surface area contributed by atoms with E-state index in [9.17, 15) is 4.79 Å². The zero-order valence-electron chi connectivity index (χ0n) is 7.03. The molecule has 2 N–H and O–H groups in total. The fourth-order valence-corrected chi connectivity index (χ4v) is 0.822. The second kappa shape index (κ2) is 3.96. The molecule has 0 saturated carbocycles. The molecule has 0 bridgehead atoms. The predicted octanol–water partition coefficient (Wildman–Crippen LogP) is -0.170. The van der Waals surface area contributed by atoms with E-state index in [4.69, 9.17) is 5.73 Å². The molecule has 0 atom stereocenters. The van der Waals surface area contributed by atoms with Gasteiger partial charge in [0.25, 0.3) is 0 Å². The molecule has 0 aliphatic rings. The maximum atomic E-state index is 10.8. The van der Waals surface area contributed by atoms with Gasteiger partial charge in [-0.05, 0) is 13.0 Å². The first-order chi connectivity index (χ1) is 5.74. The Morgan fingerprint density at radius 2 is 2.50 bits per heavy atom. The van der Waals surface area contributed by atoms with Gasteiger partial charge in [-0.15, -0.1) is 5.10 Å². The topological polar surface area (TPSA) is 73.8 Å². The number of ketones is 1. The first-order valence-corrected chi connectivity index (χ1v) is 3.85. The Labute approximate surface area is 70.6 Å². The highest BCUT2D eigenvalue weighted by atomic mass is 16.1. The molecule has 1 aromatic rings. The van der Waals surface area contributed by atoms with Gasteiger partial charge in [0.2, 0.25) is 0 Å². The SMILES string of the molecule is CC(=O)c1cn(CCCN)nn1. The van der Waals surface area contributed by atoms with Crippen LogP contribution in [0, 0.1) is 0 Å². The summed E-state index contributed by atoms with van der Waals surface area (Å²) >= 11 is 0. The van der Waals surface area contributed by atoms with Gasteiger partial charge in [0.15, 0.2) is 5.78 Å². The molecule has 0 spiro atoms. The number of nitrogens with zero attached hydrogens (tertiary/aromatic N) is 3. The van der Waals surface area contributed by atoms with Crippen LogP contribution in [-0.2, 0) is 6.54 Å². The summed E-state index contributed by atoms with van der Waals surface area (Å²) in [5.41, 5.74) is 5.72. The molecule has 0 aliphatic heterocycles. The minimum atomic E-state index is -0.0611. The van der Waals surface area contributed by atoms with Crippen LogP contribution in [0.25, 0.3) is 0 Å². The number of carbonyl (C=O) groups is 1. The molecule has 0 aromatic carbocycles. The van der Waals surface area contributed by atoms with Crippen LogP contribution >= 0.6 is 0 Å². The predicted molar refractivity (Wildman–Crippen MR) is 43.7 cm³/mol. The van der Waals surface area contributed by atoms with E-state index in [1.165, 1.54) is 6.92 Å². The summed E-state index contributed by atoms with van der Waals surface area (Å²) in [5, 5.41) is 7.46. The summed E-state index contributed by atoms with van der Waals surface area (Å²) in [4.78, 5) is 10.8. The van der Waals surface area contributed by atoms with Crippen molar-refractivity contribution in [1.82, 2.24) is 15.0 Å². The smallest absolute Gasteiger partial charge is 0.181 e. The highest BCUT2D eigenvalue weighted by Crippen LogP contribution is 1.94. The summed E-state index contributed by atoms with van der Waals surface area (Å²) in [6.07, 6.45) is 2.48. The molecule has 1 aromatic heterocycles. The highest BCUT2D eigenvalue weighted by molar-refractivity contribution is 5.91. The van der Waals surface area contributed by atoms with E-state index in [1.54, 1.807) is 10.9 Å². The van der Waals surface area contributed by atoms with Gasteiger partial charge in [0.05, 0.1) is 6.20 Å². The quantitative estimate of drug-likeness (QED) is 0.633. The molecule has 5 nitrogen and oxygen atoms in total. The Morgan fingerprint density at radius 3 is 3.00 bits per heavy atom. The standard InChI is InChI=1S/C7H12N4O/c1-6(12)7-5-11(10-9-7)4-2-3-8/h5H,2-4,8H2,1H3. The van der Waals surface area contributed by atoms with Gasteiger partial charge < -0.3 is 5.73 Å². The fourth-order valence-electron chi connectivity index (χ4n) is 0.822. The van der Waals surface area contributed by atoms with Crippen LogP contribution in [0.1, 0.15) is 23.8 Å². The van der Waals surface area contributed by atoms with Gasteiger partial charge in [-0.1, -0.05) is 5.21 Å². The minimum absolute atomic E-state index is 0.0611. The van der Waals surface area contributed by atoms with Crippen LogP contribution < -0.4 is 5.73 Å². The Bertz CT molecular complexity index is 268. The number of aryl methyl sites for hydroxylation is 1. The second-order valence-electron chi connectivity index (χ2n) is 2.57. The van der Waals surface area contributed by atoms with E-state index in [0.29, 0.717) is 12.2 Å². The third-order valence-electron chi connectivity index (χ3n) is 1.49. The molecule has 0 saturated heterocycles. The monoisotopic (exact) mass is 168 g/mol. The number of hydrogen-bond acceptors (Lipinski definition) is 4. The van der Waals surface area contributed by atoms with Crippen LogP contribution in [0.15, 0.2) is 6.20 Å². The van der Waals surface area contributed by atoms with Crippen LogP contribution in [0.5, 0.6) is 0 Å². The minimum Gasteiger partial charge on any atom is -0.330 e. The molecular weight excluding hydrogens is 156 g/mol. The normalized spacial score (nSPS) is 10.2. The van der Waals surface area contributed by atoms with Crippen molar-refractivity contribution in [2.24, 2.45) is 5.73 Å². The maximum absolute atomic E-state index is 10.8. The molecular formula is C7H12N4O. The summed E-state index contributed by atoms with van der Waals surface area (Å²) in [7, 11) is 0. The summed E-state index contributed by atoms with van der Waals surface area (Å²) < 4.78 is 1.63. The summed E-state index contributed by atoms with van der Waals surface area (Å²) in [6, 6.07) is 0. The van der Waals surface area contributed by atoms with E-state index in [-0.39, 0.29) is 5.78 Å². The van der Waals surface area contributed by atoms with E-state index < -0.39 is 0 Å². The first kappa shape index (κ1) is 8.86. The number of Topliss-reactive ketones (excluding diaryl/α,β-unsaturated/α-hetero) is 1. The van der Waals surface area contributed by atoms with E-state index in [1.807, 2.05) is 0 Å². The lowest BCUT2D eigenvalue weighted by atomic mass is 10.3. The third kappa shape index (κ3) is 2.13. The third-order valence-corrected chi connectivity index (χ3v) is 1.49. The molecule has 0 unspecified atom stereocenters. The van der Waals surface area contributed by atoms with Crippen molar-refractivity contribution in [2.75, 3.05) is 6.54 Å². The fraction of sp³-hybridized carbons (Fsp3) is 0.571. The van der Waals surface area contributed by atoms with E-state index >= 15 is 0 Å². The molecule has 0 amide bonds. The number of carbonyl (C=O) groups excluding carboxylic acids is 1. The lowest BCUT2D eigenvalue weighted by molar-refractivity contribution is 0.101. The first-order valence-electron chi connectivity index (χ1n) is 3.85. The van der Waals surface area contributed by atoms with E-state index in [0.717, 1.165) is 13.0 Å². The van der Waals surface area contributed by atoms with Gasteiger partial charge in [0.1, 0.15) is 5.69 Å². The number of nitrogens with two attached hydrogens (primary N) is 1. The van der Waals surface area contributed by atoms with Crippen molar-refractivity contribution in [3.63, 3.8) is 0 Å². The van der Waals surface area contributed by atoms with Crippen molar-refractivity contribution in [3.8, 4) is 0 Å². The van der Waals surface area contributed by atoms with Crippen LogP contribution in [0.2, 0.25) is 0 Å². The van der Waals surface area contributed by atoms with Crippen molar-refractivity contribution >= 4 is 5.78 Å². The lowest BCUT2D eigenvalue weighted by Crippen LogP contribution is -2.06. The van der Waals surface area contributed by atoms with Crippen molar-refractivity contribution in [2.45, 2.75) is 19.9 Å². The van der Waals surface area contributed by atoms with Gasteiger partial charge >= 0.3 is 0 Å². The molecule has 66 valence electrons. The molecule has 1 rings (SSSR count). The Balaban J connectivity index is 2.58. The van der Waals surface area contributed by atoms with Gasteiger partial charge in [-0.2, -0.15) is 0 Å². The molecule has 5 heteroatoms. The number of rotatable bonds is 4. The molecule has 0 radical (unpaired) electrons. The Kier molecular flexibility index (Phi) is 2.93. The highest BCUT2D eigenvalue weighted by Gasteiger charge is 2.03. The van der Waals surface area contributed by atoms with Crippen LogP contribution in [-0.4, -0.2) is 27.3 Å². The van der Waals surface area contributed by atoms with Crippen molar-refractivity contribution in [3.05, 3.63) is 11.9 Å². The number of hydrogen-bond donors (Lipinski definition) is 1. The molecule has 1 heterocycles. The lowest BCUT2D eigenvalue weighted by Gasteiger charge is -1.94. The van der Waals surface area contributed by atoms with Crippen LogP contribution in [0.3, 0.4) is 0 Å². The zero-order chi connectivity index (χ0) is 8.97. The van der Waals surface area contributed by atoms with Gasteiger partial charge in [0, 0.05) is 13.5 Å². The molecule has 0 fully saturated rings. The average Bonchev–Trinajstić information content (AvgIpc) is 2.48. The summed E-state index contributed by atoms with van der Waals surface area (Å²) in [5.74, 6) is -0.0611. The van der Waals surface area contributed by atoms with Gasteiger partial charge in [-0.25, -0.2) is 0 Å². The van der Waals surface area contributed by atoms with Crippen molar-refractivity contribution < 1.29 is 4.79 Å². The van der Waals surface area contributed by atoms with E-state index in [2.05, 4.69) is 10.3 Å². The Morgan fingerprint density at radius 1 is 1.75 bits per heavy atom. The number of aromatic nitrogens is 3. The van der Waals surface area contributed by atoms with Crippen LogP contribution in [0.4, 0.5) is 0 Å². The largest absolute Gasteiger partial charge is 0.330 e. The summed E-state index contributed by atoms with van der Waals surface area (Å²) in [6.45, 7) is 2.81. The maximum Gasteiger partial charge on any atom is 0.181 e. The Hall–Kier alpha value is -1.23. The molecule has 12 heavy (non-hydrogen) atoms. The average molecular weight is 168 g/mol. The van der Waals surface area contributed by atoms with Gasteiger partial charge in [-0.3, -0.25) is 9.48 Å².